The summed E-state index contributed by atoms with van der Waals surface area (Å²) < 4.78 is 0. The number of rotatable bonds is 7. The van der Waals surface area contributed by atoms with E-state index in [9.17, 15) is 14.4 Å². The van der Waals surface area contributed by atoms with Gasteiger partial charge in [0.05, 0.1) is 16.6 Å². The Morgan fingerprint density at radius 2 is 1.70 bits per heavy atom. The van der Waals surface area contributed by atoms with Crippen LogP contribution in [0.15, 0.2) is 42.5 Å². The number of halogens is 2. The van der Waals surface area contributed by atoms with Crippen LogP contribution in [0.1, 0.15) is 29.8 Å². The summed E-state index contributed by atoms with van der Waals surface area (Å²) in [5.74, 6) is -1.23. The summed E-state index contributed by atoms with van der Waals surface area (Å²) in [6, 6.07) is 11.1. The SMILES string of the molecule is Cc1ccccc1C(=O)NC(C(=O)N(C)CC(=O)Nc1ccc(Cl)c(Cl)c1)C(C)C. The molecule has 2 rings (SSSR count). The molecule has 1 atom stereocenters. The Morgan fingerprint density at radius 1 is 1.03 bits per heavy atom. The molecule has 0 aromatic heterocycles. The number of aryl methyl sites for hydroxylation is 1. The van der Waals surface area contributed by atoms with Gasteiger partial charge in [0.25, 0.3) is 5.91 Å². The summed E-state index contributed by atoms with van der Waals surface area (Å²) in [4.78, 5) is 39.2. The lowest BCUT2D eigenvalue weighted by atomic mass is 10.0. The van der Waals surface area contributed by atoms with Crippen LogP contribution in [0.3, 0.4) is 0 Å². The van der Waals surface area contributed by atoms with Gasteiger partial charge in [-0.25, -0.2) is 0 Å². The van der Waals surface area contributed by atoms with Gasteiger partial charge in [-0.15, -0.1) is 0 Å². The fourth-order valence-electron chi connectivity index (χ4n) is 2.87. The zero-order valence-corrected chi connectivity index (χ0v) is 18.8. The van der Waals surface area contributed by atoms with E-state index >= 15 is 0 Å². The highest BCUT2D eigenvalue weighted by atomic mass is 35.5. The molecule has 0 fully saturated rings. The van der Waals surface area contributed by atoms with Crippen molar-refractivity contribution in [2.45, 2.75) is 26.8 Å². The summed E-state index contributed by atoms with van der Waals surface area (Å²) in [6.45, 7) is 5.33. The average Bonchev–Trinajstić information content (AvgIpc) is 2.68. The largest absolute Gasteiger partial charge is 0.340 e. The van der Waals surface area contributed by atoms with Crippen LogP contribution in [0, 0.1) is 12.8 Å². The zero-order valence-electron chi connectivity index (χ0n) is 17.3. The normalized spacial score (nSPS) is 11.7. The summed E-state index contributed by atoms with van der Waals surface area (Å²) in [7, 11) is 1.52. The molecule has 2 aromatic carbocycles. The first-order chi connectivity index (χ1) is 14.1. The van der Waals surface area contributed by atoms with Gasteiger partial charge < -0.3 is 15.5 Å². The second kappa shape index (κ2) is 10.5. The molecule has 0 aliphatic heterocycles. The molecule has 6 nitrogen and oxygen atoms in total. The highest BCUT2D eigenvalue weighted by molar-refractivity contribution is 6.42. The molecule has 0 aliphatic carbocycles. The van der Waals surface area contributed by atoms with Crippen molar-refractivity contribution in [3.63, 3.8) is 0 Å². The van der Waals surface area contributed by atoms with Crippen molar-refractivity contribution in [2.75, 3.05) is 18.9 Å². The van der Waals surface area contributed by atoms with Crippen molar-refractivity contribution in [3.05, 3.63) is 63.6 Å². The molecule has 8 heteroatoms. The minimum atomic E-state index is -0.764. The Bertz CT molecular complexity index is 947. The third kappa shape index (κ3) is 6.21. The maximum absolute atomic E-state index is 12.9. The number of anilines is 1. The van der Waals surface area contributed by atoms with E-state index in [2.05, 4.69) is 10.6 Å². The number of likely N-dealkylation sites (N-methyl/N-ethyl adjacent to an activating group) is 1. The lowest BCUT2D eigenvalue weighted by Crippen LogP contribution is -2.51. The Balaban J connectivity index is 2.03. The molecule has 30 heavy (non-hydrogen) atoms. The van der Waals surface area contributed by atoms with Crippen LogP contribution in [0.4, 0.5) is 5.69 Å². The number of nitrogens with zero attached hydrogens (tertiary/aromatic N) is 1. The number of hydrogen-bond donors (Lipinski definition) is 2. The van der Waals surface area contributed by atoms with E-state index < -0.39 is 11.9 Å². The second-order valence-electron chi connectivity index (χ2n) is 7.38. The molecule has 0 saturated carbocycles. The highest BCUT2D eigenvalue weighted by Crippen LogP contribution is 2.25. The van der Waals surface area contributed by atoms with Crippen molar-refractivity contribution in [1.82, 2.24) is 10.2 Å². The lowest BCUT2D eigenvalue weighted by molar-refractivity contribution is -0.135. The average molecular weight is 450 g/mol. The van der Waals surface area contributed by atoms with E-state index in [0.29, 0.717) is 21.3 Å². The van der Waals surface area contributed by atoms with E-state index in [1.807, 2.05) is 32.9 Å². The van der Waals surface area contributed by atoms with Crippen molar-refractivity contribution >= 4 is 46.6 Å². The van der Waals surface area contributed by atoms with Gasteiger partial charge in [-0.1, -0.05) is 55.2 Å². The third-order valence-corrected chi connectivity index (χ3v) is 5.31. The van der Waals surface area contributed by atoms with Crippen LogP contribution in [0.5, 0.6) is 0 Å². The minimum absolute atomic E-state index is 0.161. The molecule has 2 aromatic rings. The van der Waals surface area contributed by atoms with Crippen molar-refractivity contribution in [3.8, 4) is 0 Å². The molecular formula is C22H25Cl2N3O3. The van der Waals surface area contributed by atoms with E-state index in [0.717, 1.165) is 5.56 Å². The topological polar surface area (TPSA) is 78.5 Å². The van der Waals surface area contributed by atoms with Gasteiger partial charge in [-0.3, -0.25) is 14.4 Å². The van der Waals surface area contributed by atoms with E-state index in [4.69, 9.17) is 23.2 Å². The van der Waals surface area contributed by atoms with Gasteiger partial charge in [-0.2, -0.15) is 0 Å². The fraction of sp³-hybridized carbons (Fsp3) is 0.318. The van der Waals surface area contributed by atoms with Crippen molar-refractivity contribution in [2.24, 2.45) is 5.92 Å². The third-order valence-electron chi connectivity index (χ3n) is 4.57. The molecule has 3 amide bonds. The van der Waals surface area contributed by atoms with Gasteiger partial charge >= 0.3 is 0 Å². The first-order valence-corrected chi connectivity index (χ1v) is 10.2. The highest BCUT2D eigenvalue weighted by Gasteiger charge is 2.28. The maximum Gasteiger partial charge on any atom is 0.252 e. The standard InChI is InChI=1S/C22H25Cl2N3O3/c1-13(2)20(26-21(29)16-8-6-5-7-14(16)3)22(30)27(4)12-19(28)25-15-9-10-17(23)18(24)11-15/h5-11,13,20H,12H2,1-4H3,(H,25,28)(H,26,29). The molecule has 160 valence electrons. The van der Waals surface area contributed by atoms with Crippen LogP contribution in [-0.2, 0) is 9.59 Å². The van der Waals surface area contributed by atoms with Crippen LogP contribution in [-0.4, -0.2) is 42.3 Å². The van der Waals surface area contributed by atoms with Crippen LogP contribution in [0.25, 0.3) is 0 Å². The predicted molar refractivity (Wildman–Crippen MR) is 120 cm³/mol. The molecule has 2 N–H and O–H groups in total. The molecular weight excluding hydrogens is 425 g/mol. The Morgan fingerprint density at radius 3 is 2.30 bits per heavy atom. The summed E-state index contributed by atoms with van der Waals surface area (Å²) in [6.07, 6.45) is 0. The van der Waals surface area contributed by atoms with E-state index in [1.165, 1.54) is 18.0 Å². The quantitative estimate of drug-likeness (QED) is 0.665. The summed E-state index contributed by atoms with van der Waals surface area (Å²) in [5.41, 5.74) is 1.80. The van der Waals surface area contributed by atoms with Crippen LogP contribution in [0.2, 0.25) is 10.0 Å². The second-order valence-corrected chi connectivity index (χ2v) is 8.20. The van der Waals surface area contributed by atoms with Gasteiger partial charge in [0, 0.05) is 18.3 Å². The van der Waals surface area contributed by atoms with Gasteiger partial charge in [0.2, 0.25) is 11.8 Å². The molecule has 0 saturated heterocycles. The number of carbonyl (C=O) groups is 3. The number of benzene rings is 2. The van der Waals surface area contributed by atoms with Crippen LogP contribution >= 0.6 is 23.2 Å². The summed E-state index contributed by atoms with van der Waals surface area (Å²) >= 11 is 11.8. The van der Waals surface area contributed by atoms with Gasteiger partial charge in [-0.05, 0) is 42.7 Å². The maximum atomic E-state index is 12.9. The van der Waals surface area contributed by atoms with Crippen LogP contribution < -0.4 is 10.6 Å². The number of nitrogens with one attached hydrogen (secondary N) is 2. The lowest BCUT2D eigenvalue weighted by Gasteiger charge is -2.27. The Hall–Kier alpha value is -2.57. The van der Waals surface area contributed by atoms with E-state index in [1.54, 1.807) is 24.3 Å². The molecule has 0 bridgehead atoms. The Kier molecular flexibility index (Phi) is 8.26. The first kappa shape index (κ1) is 23.7. The van der Waals surface area contributed by atoms with Gasteiger partial charge in [0.1, 0.15) is 6.04 Å². The molecule has 0 aliphatic rings. The number of amides is 3. The molecule has 0 heterocycles. The molecule has 0 radical (unpaired) electrons. The predicted octanol–water partition coefficient (Wildman–Crippen LogP) is 4.15. The van der Waals surface area contributed by atoms with Crippen molar-refractivity contribution < 1.29 is 14.4 Å². The zero-order chi connectivity index (χ0) is 22.4. The first-order valence-electron chi connectivity index (χ1n) is 9.46. The number of hydrogen-bond acceptors (Lipinski definition) is 3. The summed E-state index contributed by atoms with van der Waals surface area (Å²) in [5, 5.41) is 6.17. The fourth-order valence-corrected chi connectivity index (χ4v) is 3.16. The monoisotopic (exact) mass is 449 g/mol. The Labute approximate surface area is 186 Å². The molecule has 0 spiro atoms. The smallest absolute Gasteiger partial charge is 0.252 e. The molecule has 1 unspecified atom stereocenters. The van der Waals surface area contributed by atoms with E-state index in [-0.39, 0.29) is 24.3 Å². The van der Waals surface area contributed by atoms with Gasteiger partial charge in [0.15, 0.2) is 0 Å². The van der Waals surface area contributed by atoms with Crippen molar-refractivity contribution in [1.29, 1.82) is 0 Å². The number of carbonyl (C=O) groups excluding carboxylic acids is 3. The minimum Gasteiger partial charge on any atom is -0.340 e.